The Morgan fingerprint density at radius 2 is 1.84 bits per heavy atom. The molecule has 1 aliphatic heterocycles. The van der Waals surface area contributed by atoms with Crippen molar-refractivity contribution in [3.63, 3.8) is 0 Å². The smallest absolute Gasteiger partial charge is 0.335 e. The van der Waals surface area contributed by atoms with Crippen LogP contribution in [-0.2, 0) is 9.59 Å². The maximum atomic E-state index is 11.8. The predicted molar refractivity (Wildman–Crippen MR) is 93.0 cm³/mol. The molecule has 0 radical (unpaired) electrons. The molecule has 2 amide bonds. The monoisotopic (exact) mass is 376 g/mol. The van der Waals surface area contributed by atoms with Gasteiger partial charge in [0.05, 0.1) is 10.6 Å². The van der Waals surface area contributed by atoms with E-state index in [2.05, 4.69) is 10.6 Å². The Bertz CT molecular complexity index is 941. The molecule has 25 heavy (non-hydrogen) atoms. The van der Waals surface area contributed by atoms with Crippen LogP contribution >= 0.6 is 23.8 Å². The number of carbonyl (C=O) groups excluding carboxylic acids is 2. The van der Waals surface area contributed by atoms with Crippen molar-refractivity contribution in [2.45, 2.75) is 0 Å². The maximum Gasteiger partial charge on any atom is 0.335 e. The van der Waals surface area contributed by atoms with Crippen LogP contribution in [0.4, 0.5) is 0 Å². The molecule has 126 valence electrons. The summed E-state index contributed by atoms with van der Waals surface area (Å²) in [6.07, 6.45) is 1.25. The molecule has 0 atom stereocenters. The maximum absolute atomic E-state index is 11.8. The first-order chi connectivity index (χ1) is 11.8. The molecule has 1 aromatic heterocycles. The molecule has 0 saturated carbocycles. The molecule has 3 rings (SSSR count). The Hall–Kier alpha value is -2.97. The molecule has 1 aliphatic rings. The van der Waals surface area contributed by atoms with Gasteiger partial charge in [0.15, 0.2) is 5.11 Å². The molecule has 2 heterocycles. The van der Waals surface area contributed by atoms with Crippen molar-refractivity contribution in [3.8, 4) is 11.3 Å². The van der Waals surface area contributed by atoms with E-state index >= 15 is 0 Å². The summed E-state index contributed by atoms with van der Waals surface area (Å²) in [7, 11) is 0. The molecular formula is C16H9ClN2O5S. The first kappa shape index (κ1) is 16.9. The predicted octanol–water partition coefficient (Wildman–Crippen LogP) is 2.21. The summed E-state index contributed by atoms with van der Waals surface area (Å²) in [5, 5.41) is 13.9. The number of rotatable bonds is 3. The van der Waals surface area contributed by atoms with E-state index in [-0.39, 0.29) is 22.0 Å². The van der Waals surface area contributed by atoms with Gasteiger partial charge in [0.2, 0.25) is 0 Å². The molecule has 2 aromatic rings. The second kappa shape index (κ2) is 6.50. The van der Waals surface area contributed by atoms with Gasteiger partial charge in [0.1, 0.15) is 17.1 Å². The number of thiocarbonyl (C=S) groups is 1. The molecular weight excluding hydrogens is 368 g/mol. The van der Waals surface area contributed by atoms with Gasteiger partial charge in [-0.05, 0) is 48.6 Å². The third kappa shape index (κ3) is 3.44. The average Bonchev–Trinajstić information content (AvgIpc) is 2.99. The number of carbonyl (C=O) groups is 3. The third-order valence-electron chi connectivity index (χ3n) is 3.34. The fourth-order valence-electron chi connectivity index (χ4n) is 2.17. The van der Waals surface area contributed by atoms with E-state index in [0.29, 0.717) is 16.3 Å². The van der Waals surface area contributed by atoms with Crippen LogP contribution < -0.4 is 10.6 Å². The van der Waals surface area contributed by atoms with Crippen molar-refractivity contribution in [3.05, 3.63) is 52.3 Å². The fourth-order valence-corrected chi connectivity index (χ4v) is 2.57. The summed E-state index contributed by atoms with van der Waals surface area (Å²) < 4.78 is 5.56. The van der Waals surface area contributed by atoms with E-state index in [4.69, 9.17) is 33.3 Å². The number of halogens is 1. The Labute approximate surface area is 151 Å². The van der Waals surface area contributed by atoms with E-state index in [1.807, 2.05) is 0 Å². The lowest BCUT2D eigenvalue weighted by Crippen LogP contribution is -2.51. The summed E-state index contributed by atoms with van der Waals surface area (Å²) in [4.78, 5) is 34.7. The van der Waals surface area contributed by atoms with Gasteiger partial charge in [0.25, 0.3) is 11.8 Å². The first-order valence-corrected chi connectivity index (χ1v) is 7.65. The van der Waals surface area contributed by atoms with Crippen molar-refractivity contribution in [1.82, 2.24) is 10.6 Å². The number of carboxylic acid groups (broad SMARTS) is 1. The van der Waals surface area contributed by atoms with Crippen molar-refractivity contribution < 1.29 is 23.9 Å². The quantitative estimate of drug-likeness (QED) is 0.430. The minimum atomic E-state index is -1.10. The molecule has 9 heteroatoms. The van der Waals surface area contributed by atoms with Crippen LogP contribution in [0.2, 0.25) is 5.02 Å². The normalized spacial score (nSPS) is 14.1. The zero-order valence-electron chi connectivity index (χ0n) is 12.3. The largest absolute Gasteiger partial charge is 0.478 e. The number of nitrogens with one attached hydrogen (secondary N) is 2. The highest BCUT2D eigenvalue weighted by Crippen LogP contribution is 2.31. The van der Waals surface area contributed by atoms with Crippen LogP contribution in [0.15, 0.2) is 40.3 Å². The Morgan fingerprint density at radius 1 is 1.16 bits per heavy atom. The van der Waals surface area contributed by atoms with Crippen LogP contribution in [0.5, 0.6) is 0 Å². The van der Waals surface area contributed by atoms with Gasteiger partial charge in [0, 0.05) is 5.56 Å². The fraction of sp³-hybridized carbons (Fsp3) is 0. The molecule has 0 aliphatic carbocycles. The second-order valence-corrected chi connectivity index (χ2v) is 5.81. The third-order valence-corrected chi connectivity index (χ3v) is 3.87. The van der Waals surface area contributed by atoms with Crippen molar-refractivity contribution in [2.75, 3.05) is 0 Å². The van der Waals surface area contributed by atoms with Gasteiger partial charge in [-0.15, -0.1) is 0 Å². The molecule has 0 unspecified atom stereocenters. The lowest BCUT2D eigenvalue weighted by molar-refractivity contribution is -0.123. The van der Waals surface area contributed by atoms with Gasteiger partial charge in [-0.25, -0.2) is 4.79 Å². The first-order valence-electron chi connectivity index (χ1n) is 6.86. The molecule has 1 aromatic carbocycles. The van der Waals surface area contributed by atoms with Gasteiger partial charge in [-0.3, -0.25) is 20.2 Å². The lowest BCUT2D eigenvalue weighted by Gasteiger charge is -2.15. The van der Waals surface area contributed by atoms with Crippen molar-refractivity contribution in [2.24, 2.45) is 0 Å². The average molecular weight is 377 g/mol. The minimum absolute atomic E-state index is 0.0512. The zero-order valence-corrected chi connectivity index (χ0v) is 13.9. The molecule has 7 nitrogen and oxygen atoms in total. The Kier molecular flexibility index (Phi) is 4.39. The summed E-state index contributed by atoms with van der Waals surface area (Å²) in [6.45, 7) is 0. The zero-order chi connectivity index (χ0) is 18.1. The molecule has 1 saturated heterocycles. The van der Waals surface area contributed by atoms with E-state index in [0.717, 1.165) is 0 Å². The van der Waals surface area contributed by atoms with Crippen LogP contribution in [0, 0.1) is 0 Å². The number of carboxylic acids is 1. The van der Waals surface area contributed by atoms with Crippen LogP contribution in [-0.4, -0.2) is 28.0 Å². The summed E-state index contributed by atoms with van der Waals surface area (Å²) in [6, 6.07) is 7.28. The highest BCUT2D eigenvalue weighted by molar-refractivity contribution is 7.80. The topological polar surface area (TPSA) is 109 Å². The van der Waals surface area contributed by atoms with Gasteiger partial charge >= 0.3 is 5.97 Å². The lowest BCUT2D eigenvalue weighted by atomic mass is 10.1. The summed E-state index contributed by atoms with van der Waals surface area (Å²) in [5.74, 6) is -1.86. The number of benzene rings is 1. The van der Waals surface area contributed by atoms with E-state index in [9.17, 15) is 14.4 Å². The number of amides is 2. The minimum Gasteiger partial charge on any atom is -0.478 e. The molecule has 3 N–H and O–H groups in total. The van der Waals surface area contributed by atoms with Gasteiger partial charge in [-0.2, -0.15) is 0 Å². The summed E-state index contributed by atoms with van der Waals surface area (Å²) >= 11 is 10.8. The van der Waals surface area contributed by atoms with Crippen molar-refractivity contribution >= 4 is 52.8 Å². The number of furan rings is 1. The van der Waals surface area contributed by atoms with Crippen LogP contribution in [0.3, 0.4) is 0 Å². The highest BCUT2D eigenvalue weighted by atomic mass is 35.5. The summed E-state index contributed by atoms with van der Waals surface area (Å²) in [5.41, 5.74) is 0.264. The molecule has 0 spiro atoms. The van der Waals surface area contributed by atoms with E-state index < -0.39 is 17.8 Å². The van der Waals surface area contributed by atoms with E-state index in [1.54, 1.807) is 6.07 Å². The molecule has 0 bridgehead atoms. The van der Waals surface area contributed by atoms with Crippen LogP contribution in [0.1, 0.15) is 16.1 Å². The Morgan fingerprint density at radius 3 is 2.48 bits per heavy atom. The number of aromatic carboxylic acids is 1. The van der Waals surface area contributed by atoms with E-state index in [1.165, 1.54) is 30.3 Å². The number of hydrogen-bond acceptors (Lipinski definition) is 5. The van der Waals surface area contributed by atoms with Crippen molar-refractivity contribution in [1.29, 1.82) is 0 Å². The second-order valence-electron chi connectivity index (χ2n) is 5.00. The van der Waals surface area contributed by atoms with Crippen LogP contribution in [0.25, 0.3) is 17.4 Å². The van der Waals surface area contributed by atoms with Gasteiger partial charge in [-0.1, -0.05) is 11.6 Å². The SMILES string of the molecule is O=C1NC(=S)NC(=O)C1=Cc1ccc(-c2cc(C(=O)O)ccc2Cl)o1. The Balaban J connectivity index is 1.96. The van der Waals surface area contributed by atoms with Gasteiger partial charge < -0.3 is 9.52 Å². The standard InChI is InChI=1S/C16H9ClN2O5S/c17-11-3-1-7(15(22)23)5-9(11)12-4-2-8(24-12)6-10-13(20)18-16(25)19-14(10)21/h1-6H,(H,22,23)(H2,18,19,20,21,25). The number of hydrogen-bond donors (Lipinski definition) is 3. The molecule has 1 fully saturated rings. The highest BCUT2D eigenvalue weighted by Gasteiger charge is 2.26.